The number of hydrogen-bond acceptors (Lipinski definition) is 5. The van der Waals surface area contributed by atoms with Crippen molar-refractivity contribution in [3.63, 3.8) is 0 Å². The van der Waals surface area contributed by atoms with Crippen molar-refractivity contribution in [1.82, 2.24) is 10.0 Å². The average Bonchev–Trinajstić information content (AvgIpc) is 2.69. The maximum Gasteiger partial charge on any atom is 0.407 e. The number of hydrogen-bond donors (Lipinski definition) is 3. The Morgan fingerprint density at radius 3 is 2.06 bits per heavy atom. The number of carbonyl (C=O) groups excluding carboxylic acids is 1. The number of carboxylic acids is 1. The number of aliphatic carboxylic acids is 1. The molecule has 0 saturated heterocycles. The summed E-state index contributed by atoms with van der Waals surface area (Å²) in [6.07, 6.45) is -0.382. The summed E-state index contributed by atoms with van der Waals surface area (Å²) >= 11 is 5.88. The maximum absolute atomic E-state index is 12.7. The summed E-state index contributed by atoms with van der Waals surface area (Å²) in [6.45, 7) is 5.33. The molecular weight excluding hydrogens is 456 g/mol. The van der Waals surface area contributed by atoms with Gasteiger partial charge >= 0.3 is 12.1 Å². The number of amides is 1. The molecule has 0 bridgehead atoms. The highest BCUT2D eigenvalue weighted by Gasteiger charge is 2.25. The van der Waals surface area contributed by atoms with Crippen LogP contribution < -0.4 is 10.0 Å². The number of nitrogens with one attached hydrogen (secondary N) is 2. The summed E-state index contributed by atoms with van der Waals surface area (Å²) in [7, 11) is -4.05. The van der Waals surface area contributed by atoms with Crippen LogP contribution in [0.25, 0.3) is 11.1 Å². The quantitative estimate of drug-likeness (QED) is 0.463. The maximum atomic E-state index is 12.7. The lowest BCUT2D eigenvalue weighted by molar-refractivity contribution is -0.139. The second-order valence-electron chi connectivity index (χ2n) is 8.11. The molecule has 10 heteroatoms. The van der Waals surface area contributed by atoms with Gasteiger partial charge in [-0.2, -0.15) is 4.72 Å². The summed E-state index contributed by atoms with van der Waals surface area (Å²) < 4.78 is 32.6. The Labute approximate surface area is 193 Å². The Morgan fingerprint density at radius 1 is 1.03 bits per heavy atom. The molecule has 3 N–H and O–H groups in total. The van der Waals surface area contributed by atoms with Gasteiger partial charge in [0.15, 0.2) is 0 Å². The number of alkyl carbamates (subject to hydrolysis) is 1. The van der Waals surface area contributed by atoms with Crippen molar-refractivity contribution in [3.8, 4) is 11.1 Å². The highest BCUT2D eigenvalue weighted by molar-refractivity contribution is 7.89. The van der Waals surface area contributed by atoms with E-state index >= 15 is 0 Å². The van der Waals surface area contributed by atoms with Crippen molar-refractivity contribution in [1.29, 1.82) is 0 Å². The predicted octanol–water partition coefficient (Wildman–Crippen LogP) is 4.04. The third kappa shape index (κ3) is 8.14. The predicted molar refractivity (Wildman–Crippen MR) is 122 cm³/mol. The second kappa shape index (κ2) is 10.8. The van der Waals surface area contributed by atoms with Gasteiger partial charge in [0.2, 0.25) is 10.0 Å². The Kier molecular flexibility index (Phi) is 8.65. The topological polar surface area (TPSA) is 122 Å². The van der Waals surface area contributed by atoms with Crippen LogP contribution in [-0.4, -0.2) is 43.8 Å². The lowest BCUT2D eigenvalue weighted by atomic mass is 10.1. The third-order valence-electron chi connectivity index (χ3n) is 4.28. The van der Waals surface area contributed by atoms with E-state index in [4.69, 9.17) is 16.3 Å². The zero-order valence-electron chi connectivity index (χ0n) is 18.1. The van der Waals surface area contributed by atoms with Gasteiger partial charge < -0.3 is 15.2 Å². The number of benzene rings is 2. The first kappa shape index (κ1) is 25.6. The molecule has 2 rings (SSSR count). The van der Waals surface area contributed by atoms with Crippen molar-refractivity contribution in [2.45, 2.75) is 50.2 Å². The number of sulfonamides is 1. The van der Waals surface area contributed by atoms with Crippen molar-refractivity contribution < 1.29 is 27.9 Å². The van der Waals surface area contributed by atoms with Crippen LogP contribution in [0.15, 0.2) is 53.4 Å². The summed E-state index contributed by atoms with van der Waals surface area (Å²) in [5.41, 5.74) is 1.02. The molecule has 1 atom stereocenters. The van der Waals surface area contributed by atoms with E-state index in [0.717, 1.165) is 11.1 Å². The van der Waals surface area contributed by atoms with E-state index < -0.39 is 33.7 Å². The zero-order chi connectivity index (χ0) is 23.9. The first-order valence-electron chi connectivity index (χ1n) is 9.95. The lowest BCUT2D eigenvalue weighted by Crippen LogP contribution is -2.41. The smallest absolute Gasteiger partial charge is 0.407 e. The molecule has 2 aromatic carbocycles. The minimum Gasteiger partial charge on any atom is -0.480 e. The molecule has 0 aliphatic carbocycles. The Hall–Kier alpha value is -2.62. The molecule has 0 saturated carbocycles. The van der Waals surface area contributed by atoms with Crippen LogP contribution in [-0.2, 0) is 19.6 Å². The van der Waals surface area contributed by atoms with Crippen LogP contribution in [0.4, 0.5) is 4.79 Å². The molecule has 8 nitrogen and oxygen atoms in total. The molecule has 1 amide bonds. The third-order valence-corrected chi connectivity index (χ3v) is 6.02. The molecule has 0 spiro atoms. The molecule has 0 heterocycles. The Morgan fingerprint density at radius 2 is 1.56 bits per heavy atom. The normalized spacial score (nSPS) is 12.8. The van der Waals surface area contributed by atoms with Crippen molar-refractivity contribution in [2.24, 2.45) is 0 Å². The average molecular weight is 483 g/mol. The van der Waals surface area contributed by atoms with E-state index in [0.29, 0.717) is 5.02 Å². The van der Waals surface area contributed by atoms with Crippen molar-refractivity contribution >= 4 is 33.7 Å². The molecule has 0 radical (unpaired) electrons. The first-order valence-corrected chi connectivity index (χ1v) is 11.8. The molecule has 0 unspecified atom stereocenters. The number of carbonyl (C=O) groups is 2. The van der Waals surface area contributed by atoms with Gasteiger partial charge in [-0.25, -0.2) is 13.2 Å². The van der Waals surface area contributed by atoms with Crippen LogP contribution in [0.3, 0.4) is 0 Å². The number of ether oxygens (including phenoxy) is 1. The van der Waals surface area contributed by atoms with Crippen LogP contribution in [0, 0.1) is 0 Å². The van der Waals surface area contributed by atoms with Gasteiger partial charge in [-0.1, -0.05) is 35.9 Å². The lowest BCUT2D eigenvalue weighted by Gasteiger charge is -2.20. The fourth-order valence-electron chi connectivity index (χ4n) is 2.77. The van der Waals surface area contributed by atoms with Gasteiger partial charge in [-0.05, 0) is 69.0 Å². The SMILES string of the molecule is CC(C)(C)OC(=O)NCCC[C@H](NS(=O)(=O)c1ccc(-c2ccc(Cl)cc2)cc1)C(=O)O. The minimum atomic E-state index is -4.05. The number of halogens is 1. The summed E-state index contributed by atoms with van der Waals surface area (Å²) in [4.78, 5) is 23.1. The molecule has 2 aromatic rings. The van der Waals surface area contributed by atoms with Gasteiger partial charge in [-0.15, -0.1) is 0 Å². The van der Waals surface area contributed by atoms with E-state index in [1.54, 1.807) is 45.0 Å². The van der Waals surface area contributed by atoms with Gasteiger partial charge in [-0.3, -0.25) is 4.79 Å². The van der Waals surface area contributed by atoms with Crippen LogP contribution in [0.5, 0.6) is 0 Å². The Bertz CT molecular complexity index is 1030. The molecule has 0 fully saturated rings. The summed E-state index contributed by atoms with van der Waals surface area (Å²) in [5.74, 6) is -1.30. The van der Waals surface area contributed by atoms with Gasteiger partial charge in [0.05, 0.1) is 4.90 Å². The van der Waals surface area contributed by atoms with Crippen molar-refractivity contribution in [2.75, 3.05) is 6.54 Å². The number of rotatable bonds is 9. The molecule has 0 aliphatic heterocycles. The molecular formula is C22H27ClN2O6S. The zero-order valence-corrected chi connectivity index (χ0v) is 19.7. The highest BCUT2D eigenvalue weighted by Crippen LogP contribution is 2.23. The van der Waals surface area contributed by atoms with E-state index in [9.17, 15) is 23.1 Å². The van der Waals surface area contributed by atoms with E-state index in [1.807, 2.05) is 12.1 Å². The summed E-state index contributed by atoms with van der Waals surface area (Å²) in [6, 6.07) is 11.9. The van der Waals surface area contributed by atoms with E-state index in [1.165, 1.54) is 12.1 Å². The van der Waals surface area contributed by atoms with Crippen molar-refractivity contribution in [3.05, 3.63) is 53.6 Å². The molecule has 0 aliphatic rings. The highest BCUT2D eigenvalue weighted by atomic mass is 35.5. The molecule has 32 heavy (non-hydrogen) atoms. The van der Waals surface area contributed by atoms with Crippen LogP contribution in [0.2, 0.25) is 5.02 Å². The number of carboxylic acid groups (broad SMARTS) is 1. The van der Waals surface area contributed by atoms with Gasteiger partial charge in [0.25, 0.3) is 0 Å². The standard InChI is InChI=1S/C22H27ClN2O6S/c1-22(2,3)31-21(28)24-14-4-5-19(20(26)27)25-32(29,30)18-12-8-16(9-13-18)15-6-10-17(23)11-7-15/h6-13,19,25H,4-5,14H2,1-3H3,(H,24,28)(H,26,27)/t19-/m0/s1. The first-order chi connectivity index (χ1) is 14.9. The van der Waals surface area contributed by atoms with Gasteiger partial charge in [0, 0.05) is 11.6 Å². The fourth-order valence-corrected chi connectivity index (χ4v) is 4.12. The Balaban J connectivity index is 1.97. The molecule has 0 aromatic heterocycles. The largest absolute Gasteiger partial charge is 0.480 e. The minimum absolute atomic E-state index is 0.00673. The van der Waals surface area contributed by atoms with Crippen LogP contribution in [0.1, 0.15) is 33.6 Å². The second-order valence-corrected chi connectivity index (χ2v) is 10.3. The monoisotopic (exact) mass is 482 g/mol. The van der Waals surface area contributed by atoms with E-state index in [2.05, 4.69) is 10.0 Å². The van der Waals surface area contributed by atoms with Crippen LogP contribution >= 0.6 is 11.6 Å². The van der Waals surface area contributed by atoms with E-state index in [-0.39, 0.29) is 24.3 Å². The van der Waals surface area contributed by atoms with Gasteiger partial charge in [0.1, 0.15) is 11.6 Å². The fraction of sp³-hybridized carbons (Fsp3) is 0.364. The molecule has 174 valence electrons. The summed E-state index contributed by atoms with van der Waals surface area (Å²) in [5, 5.41) is 12.5.